The minimum atomic E-state index is -3.80. The van der Waals surface area contributed by atoms with Crippen LogP contribution in [0.5, 0.6) is 0 Å². The summed E-state index contributed by atoms with van der Waals surface area (Å²) in [4.78, 5) is 14.9. The molecule has 2 heterocycles. The Morgan fingerprint density at radius 1 is 1.12 bits per heavy atom. The first kappa shape index (κ1) is 16.2. The second-order valence-electron chi connectivity index (χ2n) is 5.29. The predicted molar refractivity (Wildman–Crippen MR) is 92.3 cm³/mol. The zero-order chi connectivity index (χ0) is 17.2. The second kappa shape index (κ2) is 6.46. The normalized spacial score (nSPS) is 11.5. The smallest absolute Gasteiger partial charge is 0.268 e. The van der Waals surface area contributed by atoms with Crippen molar-refractivity contribution in [1.29, 1.82) is 0 Å². The van der Waals surface area contributed by atoms with E-state index in [2.05, 4.69) is 10.3 Å². The second-order valence-corrected chi connectivity index (χ2v) is 7.11. The van der Waals surface area contributed by atoms with E-state index in [1.54, 1.807) is 49.6 Å². The number of aromatic amines is 1. The summed E-state index contributed by atoms with van der Waals surface area (Å²) in [5, 5.41) is 2.99. The van der Waals surface area contributed by atoms with Crippen LogP contribution in [0.25, 0.3) is 11.3 Å². The van der Waals surface area contributed by atoms with Gasteiger partial charge in [0.1, 0.15) is 0 Å². The van der Waals surface area contributed by atoms with Crippen LogP contribution in [0.4, 0.5) is 0 Å². The third-order valence-corrected chi connectivity index (χ3v) is 5.31. The van der Waals surface area contributed by atoms with Gasteiger partial charge in [-0.25, -0.2) is 12.4 Å². The first-order valence-corrected chi connectivity index (χ1v) is 8.82. The fourth-order valence-electron chi connectivity index (χ4n) is 2.52. The number of benzene rings is 1. The van der Waals surface area contributed by atoms with Gasteiger partial charge in [0.2, 0.25) is 0 Å². The SMILES string of the molecule is CNCc1cc(-c2ccc[nH]c2=O)n(S(=O)(=O)c2ccccc2)c1. The number of aromatic nitrogens is 2. The molecule has 7 heteroatoms. The number of nitrogens with zero attached hydrogens (tertiary/aromatic N) is 1. The minimum absolute atomic E-state index is 0.171. The van der Waals surface area contributed by atoms with E-state index in [4.69, 9.17) is 0 Å². The van der Waals surface area contributed by atoms with Gasteiger partial charge in [-0.15, -0.1) is 0 Å². The Labute approximate surface area is 139 Å². The van der Waals surface area contributed by atoms with Crippen LogP contribution in [0, 0.1) is 0 Å². The van der Waals surface area contributed by atoms with Crippen molar-refractivity contribution in [2.45, 2.75) is 11.4 Å². The van der Waals surface area contributed by atoms with Crippen LogP contribution < -0.4 is 10.9 Å². The lowest BCUT2D eigenvalue weighted by Gasteiger charge is -2.10. The van der Waals surface area contributed by atoms with Crippen LogP contribution in [0.2, 0.25) is 0 Å². The van der Waals surface area contributed by atoms with Crippen LogP contribution in [0.1, 0.15) is 5.56 Å². The molecule has 0 unspecified atom stereocenters. The highest BCUT2D eigenvalue weighted by atomic mass is 32.2. The summed E-state index contributed by atoms with van der Waals surface area (Å²) in [5.41, 5.74) is 1.08. The lowest BCUT2D eigenvalue weighted by molar-refractivity contribution is 0.588. The van der Waals surface area contributed by atoms with E-state index < -0.39 is 10.0 Å². The predicted octanol–water partition coefficient (Wildman–Crippen LogP) is 1.80. The zero-order valence-electron chi connectivity index (χ0n) is 13.1. The van der Waals surface area contributed by atoms with Crippen molar-refractivity contribution in [2.75, 3.05) is 7.05 Å². The fraction of sp³-hybridized carbons (Fsp3) is 0.118. The van der Waals surface area contributed by atoms with E-state index in [-0.39, 0.29) is 10.5 Å². The summed E-state index contributed by atoms with van der Waals surface area (Å²) < 4.78 is 27.1. The van der Waals surface area contributed by atoms with E-state index in [0.29, 0.717) is 17.8 Å². The maximum Gasteiger partial charge on any atom is 0.268 e. The first-order valence-electron chi connectivity index (χ1n) is 7.38. The number of H-pyrrole nitrogens is 1. The maximum atomic E-state index is 13.0. The monoisotopic (exact) mass is 343 g/mol. The average Bonchev–Trinajstić information content (AvgIpc) is 3.01. The van der Waals surface area contributed by atoms with Gasteiger partial charge in [0.05, 0.1) is 16.2 Å². The van der Waals surface area contributed by atoms with Gasteiger partial charge >= 0.3 is 0 Å². The number of pyridine rings is 1. The van der Waals surface area contributed by atoms with Crippen molar-refractivity contribution in [2.24, 2.45) is 0 Å². The summed E-state index contributed by atoms with van der Waals surface area (Å²) in [6.45, 7) is 0.495. The molecule has 24 heavy (non-hydrogen) atoms. The van der Waals surface area contributed by atoms with Gasteiger partial charge in [-0.05, 0) is 42.9 Å². The molecule has 3 aromatic rings. The van der Waals surface area contributed by atoms with Crippen molar-refractivity contribution in [3.05, 3.63) is 76.8 Å². The molecule has 0 radical (unpaired) electrons. The molecule has 124 valence electrons. The minimum Gasteiger partial charge on any atom is -0.329 e. The summed E-state index contributed by atoms with van der Waals surface area (Å²) >= 11 is 0. The van der Waals surface area contributed by atoms with E-state index >= 15 is 0 Å². The largest absolute Gasteiger partial charge is 0.329 e. The molecule has 2 aromatic heterocycles. The molecule has 0 fully saturated rings. The van der Waals surface area contributed by atoms with E-state index in [1.165, 1.54) is 22.3 Å². The molecule has 0 spiro atoms. The Morgan fingerprint density at radius 2 is 1.88 bits per heavy atom. The quantitative estimate of drug-likeness (QED) is 0.740. The van der Waals surface area contributed by atoms with Crippen molar-refractivity contribution < 1.29 is 8.42 Å². The Morgan fingerprint density at radius 3 is 2.54 bits per heavy atom. The summed E-state index contributed by atoms with van der Waals surface area (Å²) in [6, 6.07) is 13.1. The summed E-state index contributed by atoms with van der Waals surface area (Å²) in [6.07, 6.45) is 3.06. The molecule has 0 aliphatic rings. The van der Waals surface area contributed by atoms with Crippen molar-refractivity contribution in [1.82, 2.24) is 14.3 Å². The molecule has 6 nitrogen and oxygen atoms in total. The molecule has 0 bridgehead atoms. The van der Waals surface area contributed by atoms with Crippen LogP contribution >= 0.6 is 0 Å². The molecule has 1 aromatic carbocycles. The number of hydrogen-bond acceptors (Lipinski definition) is 4. The van der Waals surface area contributed by atoms with Crippen molar-refractivity contribution in [3.63, 3.8) is 0 Å². The first-order chi connectivity index (χ1) is 11.5. The molecular formula is C17H17N3O3S. The molecule has 2 N–H and O–H groups in total. The van der Waals surface area contributed by atoms with Gasteiger partial charge in [-0.2, -0.15) is 0 Å². The highest BCUT2D eigenvalue weighted by molar-refractivity contribution is 7.90. The van der Waals surface area contributed by atoms with Gasteiger partial charge < -0.3 is 10.3 Å². The topological polar surface area (TPSA) is 84.0 Å². The van der Waals surface area contributed by atoms with Gasteiger partial charge in [0.15, 0.2) is 0 Å². The zero-order valence-corrected chi connectivity index (χ0v) is 13.9. The fourth-order valence-corrected chi connectivity index (χ4v) is 3.93. The number of hydrogen-bond donors (Lipinski definition) is 2. The Hall–Kier alpha value is -2.64. The highest BCUT2D eigenvalue weighted by Gasteiger charge is 2.22. The average molecular weight is 343 g/mol. The molecule has 0 saturated carbocycles. The Kier molecular flexibility index (Phi) is 4.37. The maximum absolute atomic E-state index is 13.0. The van der Waals surface area contributed by atoms with Crippen molar-refractivity contribution >= 4 is 10.0 Å². The molecule has 0 atom stereocenters. The Balaban J connectivity index is 2.25. The van der Waals surface area contributed by atoms with Crippen LogP contribution in [0.3, 0.4) is 0 Å². The van der Waals surface area contributed by atoms with E-state index in [9.17, 15) is 13.2 Å². The van der Waals surface area contributed by atoms with Crippen LogP contribution in [0.15, 0.2) is 70.6 Å². The number of rotatable bonds is 5. The summed E-state index contributed by atoms with van der Waals surface area (Å²) in [7, 11) is -2.02. The van der Waals surface area contributed by atoms with Crippen molar-refractivity contribution in [3.8, 4) is 11.3 Å². The standard InChI is InChI=1S/C17H17N3O3S/c1-18-11-13-10-16(15-8-5-9-19-17(15)21)20(12-13)24(22,23)14-6-3-2-4-7-14/h2-10,12,18H,11H2,1H3,(H,19,21). The van der Waals surface area contributed by atoms with Gasteiger partial charge in [-0.1, -0.05) is 18.2 Å². The third-order valence-electron chi connectivity index (χ3n) is 3.62. The highest BCUT2D eigenvalue weighted by Crippen LogP contribution is 2.25. The lowest BCUT2D eigenvalue weighted by Crippen LogP contribution is -2.16. The molecule has 3 rings (SSSR count). The molecule has 0 saturated heterocycles. The number of nitrogens with one attached hydrogen (secondary N) is 2. The van der Waals surface area contributed by atoms with Gasteiger partial charge in [0.25, 0.3) is 15.6 Å². The van der Waals surface area contributed by atoms with E-state index in [0.717, 1.165) is 5.56 Å². The van der Waals surface area contributed by atoms with Gasteiger partial charge in [-0.3, -0.25) is 4.79 Å². The van der Waals surface area contributed by atoms with Crippen LogP contribution in [-0.4, -0.2) is 24.4 Å². The van der Waals surface area contributed by atoms with E-state index in [1.807, 2.05) is 0 Å². The molecular weight excluding hydrogens is 326 g/mol. The molecule has 0 aliphatic heterocycles. The van der Waals surface area contributed by atoms with Crippen LogP contribution in [-0.2, 0) is 16.6 Å². The van der Waals surface area contributed by atoms with Gasteiger partial charge in [0, 0.05) is 18.9 Å². The summed E-state index contributed by atoms with van der Waals surface area (Å²) in [5.74, 6) is 0. The third kappa shape index (κ3) is 2.91. The Bertz CT molecular complexity index is 1000. The molecule has 0 aliphatic carbocycles. The molecule has 0 amide bonds. The lowest BCUT2D eigenvalue weighted by atomic mass is 10.2.